The molecule has 0 amide bonds. The van der Waals surface area contributed by atoms with Crippen LogP contribution in [0.5, 0.6) is 0 Å². The molecule has 2 aromatic rings. The maximum atomic E-state index is 13.6. The second-order valence-corrected chi connectivity index (χ2v) is 9.94. The van der Waals surface area contributed by atoms with Crippen LogP contribution in [0.3, 0.4) is 0 Å². The predicted molar refractivity (Wildman–Crippen MR) is 111 cm³/mol. The molecule has 1 aliphatic heterocycles. The third-order valence-corrected chi connectivity index (χ3v) is 7.31. The van der Waals surface area contributed by atoms with Crippen molar-refractivity contribution >= 4 is 30.5 Å². The lowest BCUT2D eigenvalue weighted by Crippen LogP contribution is -2.46. The second kappa shape index (κ2) is 9.38. The van der Waals surface area contributed by atoms with Crippen molar-refractivity contribution in [1.82, 2.24) is 24.2 Å². The number of carbonyl (C=O) groups excluding carboxylic acids is 1. The van der Waals surface area contributed by atoms with Crippen molar-refractivity contribution in [3.8, 4) is 0 Å². The van der Waals surface area contributed by atoms with Gasteiger partial charge in [0.05, 0.1) is 32.7 Å². The zero-order chi connectivity index (χ0) is 21.9. The molecule has 0 radical (unpaired) electrons. The highest BCUT2D eigenvalue weighted by atomic mass is 31.2. The van der Waals surface area contributed by atoms with E-state index in [1.807, 2.05) is 20.8 Å². The van der Waals surface area contributed by atoms with Crippen LogP contribution in [0.2, 0.25) is 0 Å². The molecule has 0 aromatic carbocycles. The normalized spacial score (nSPS) is 22.3. The number of methoxy groups -OCH3 is 1. The van der Waals surface area contributed by atoms with Crippen LogP contribution in [0, 0.1) is 5.92 Å². The van der Waals surface area contributed by atoms with E-state index in [9.17, 15) is 9.36 Å². The Bertz CT molecular complexity index is 935. The number of carbonyl (C=O) groups is 1. The lowest BCUT2D eigenvalue weighted by molar-refractivity contribution is -0.147. The van der Waals surface area contributed by atoms with Gasteiger partial charge < -0.3 is 24.3 Å². The van der Waals surface area contributed by atoms with Crippen molar-refractivity contribution in [1.29, 1.82) is 0 Å². The molecule has 3 rings (SSSR count). The summed E-state index contributed by atoms with van der Waals surface area (Å²) >= 11 is 0. The summed E-state index contributed by atoms with van der Waals surface area (Å²) < 4.78 is 33.5. The van der Waals surface area contributed by atoms with Gasteiger partial charge in [-0.05, 0) is 19.3 Å². The maximum absolute atomic E-state index is 13.6. The summed E-state index contributed by atoms with van der Waals surface area (Å²) in [5, 5.41) is 0. The fraction of sp³-hybridized carbons (Fsp3) is 0.667. The van der Waals surface area contributed by atoms with Gasteiger partial charge in [0.25, 0.3) is 7.52 Å². The largest absolute Gasteiger partial charge is 0.468 e. The molecule has 12 heteroatoms. The van der Waals surface area contributed by atoms with Gasteiger partial charge in [0.15, 0.2) is 11.5 Å². The molecule has 0 spiro atoms. The summed E-state index contributed by atoms with van der Waals surface area (Å²) in [6, 6.07) is -0.655. The number of aromatic nitrogens is 4. The first kappa shape index (κ1) is 22.6. The number of nitrogen functional groups attached to an aromatic ring is 1. The number of imidazole rings is 1. The van der Waals surface area contributed by atoms with Crippen LogP contribution in [-0.4, -0.2) is 68.9 Å². The first-order valence-corrected chi connectivity index (χ1v) is 11.6. The second-order valence-electron chi connectivity index (χ2n) is 7.63. The Balaban J connectivity index is 1.70. The molecule has 2 aromatic heterocycles. The van der Waals surface area contributed by atoms with Crippen molar-refractivity contribution in [2.45, 2.75) is 45.9 Å². The quantitative estimate of drug-likeness (QED) is 0.479. The molecule has 0 bridgehead atoms. The zero-order valence-corrected chi connectivity index (χ0v) is 18.6. The molecular formula is C18H29N6O5P. The minimum absolute atomic E-state index is 0.0904. The van der Waals surface area contributed by atoms with Crippen LogP contribution in [0.15, 0.2) is 12.7 Å². The molecule has 0 saturated carbocycles. The fourth-order valence-corrected chi connectivity index (χ4v) is 5.96. The Morgan fingerprint density at radius 1 is 1.33 bits per heavy atom. The van der Waals surface area contributed by atoms with Crippen molar-refractivity contribution in [3.63, 3.8) is 0 Å². The highest BCUT2D eigenvalue weighted by molar-refractivity contribution is 7.56. The molecular weight excluding hydrogens is 411 g/mol. The molecule has 0 aliphatic carbocycles. The maximum Gasteiger partial charge on any atom is 0.323 e. The minimum atomic E-state index is -3.36. The fourth-order valence-electron chi connectivity index (χ4n) is 3.54. The third-order valence-electron chi connectivity index (χ3n) is 5.02. The van der Waals surface area contributed by atoms with Crippen LogP contribution in [-0.2, 0) is 29.9 Å². The van der Waals surface area contributed by atoms with Gasteiger partial charge in [-0.1, -0.05) is 13.8 Å². The monoisotopic (exact) mass is 440 g/mol. The zero-order valence-electron chi connectivity index (χ0n) is 17.7. The molecule has 2 N–H and O–H groups in total. The lowest BCUT2D eigenvalue weighted by Gasteiger charge is -2.40. The van der Waals surface area contributed by atoms with E-state index in [2.05, 4.69) is 15.0 Å². The Kier molecular flexibility index (Phi) is 7.07. The molecule has 1 saturated heterocycles. The van der Waals surface area contributed by atoms with Gasteiger partial charge >= 0.3 is 5.97 Å². The van der Waals surface area contributed by atoms with Crippen molar-refractivity contribution in [2.24, 2.45) is 5.92 Å². The minimum Gasteiger partial charge on any atom is -0.468 e. The summed E-state index contributed by atoms with van der Waals surface area (Å²) in [6.45, 7) is 6.91. The molecule has 30 heavy (non-hydrogen) atoms. The van der Waals surface area contributed by atoms with Gasteiger partial charge in [0.1, 0.15) is 24.2 Å². The molecule has 1 unspecified atom stereocenters. The number of nitrogens with zero attached hydrogens (tertiary/aromatic N) is 5. The highest BCUT2D eigenvalue weighted by Gasteiger charge is 2.44. The molecule has 11 nitrogen and oxygen atoms in total. The Morgan fingerprint density at radius 2 is 2.10 bits per heavy atom. The first-order valence-electron chi connectivity index (χ1n) is 9.88. The highest BCUT2D eigenvalue weighted by Crippen LogP contribution is 2.55. The number of hydrogen-bond acceptors (Lipinski definition) is 9. The molecule has 166 valence electrons. The van der Waals surface area contributed by atoms with Gasteiger partial charge in [-0.25, -0.2) is 19.6 Å². The summed E-state index contributed by atoms with van der Waals surface area (Å²) in [5.74, 6) is -0.205. The third kappa shape index (κ3) is 4.64. The molecule has 3 atom stereocenters. The van der Waals surface area contributed by atoms with Crippen LogP contribution >= 0.6 is 7.52 Å². The SMILES string of the molecule is COC(=O)[C@H](C(C)C)N1CCCOP1(=O)CO[C@H](C)Cn1cnc2c(N)ncnc21. The smallest absolute Gasteiger partial charge is 0.323 e. The van der Waals surface area contributed by atoms with Gasteiger partial charge in [-0.2, -0.15) is 0 Å². The summed E-state index contributed by atoms with van der Waals surface area (Å²) in [6.07, 6.45) is 3.24. The summed E-state index contributed by atoms with van der Waals surface area (Å²) in [5.41, 5.74) is 6.95. The van der Waals surface area contributed by atoms with E-state index in [0.29, 0.717) is 43.1 Å². The van der Waals surface area contributed by atoms with Crippen LogP contribution in [0.4, 0.5) is 5.82 Å². The van der Waals surface area contributed by atoms with Gasteiger partial charge in [0.2, 0.25) is 0 Å². The molecule has 1 fully saturated rings. The van der Waals surface area contributed by atoms with E-state index >= 15 is 0 Å². The average molecular weight is 440 g/mol. The number of ether oxygens (including phenoxy) is 2. The molecule has 3 heterocycles. The van der Waals surface area contributed by atoms with Crippen molar-refractivity contribution < 1.29 is 23.4 Å². The Hall–Kier alpha value is -2.07. The van der Waals surface area contributed by atoms with Crippen molar-refractivity contribution in [3.05, 3.63) is 12.7 Å². The number of fused-ring (bicyclic) bond motifs is 1. The Morgan fingerprint density at radius 3 is 2.80 bits per heavy atom. The summed E-state index contributed by atoms with van der Waals surface area (Å²) in [4.78, 5) is 24.7. The summed E-state index contributed by atoms with van der Waals surface area (Å²) in [7, 11) is -2.03. The van der Waals surface area contributed by atoms with Crippen LogP contribution in [0.1, 0.15) is 27.2 Å². The van der Waals surface area contributed by atoms with E-state index in [1.54, 1.807) is 15.6 Å². The number of rotatable bonds is 8. The number of esters is 1. The van der Waals surface area contributed by atoms with Crippen LogP contribution < -0.4 is 5.73 Å². The lowest BCUT2D eigenvalue weighted by atomic mass is 10.0. The Labute approximate surface area is 175 Å². The standard InChI is InChI=1S/C18H29N6O5P/c1-12(2)15(18(25)27-4)24-6-5-7-29-30(24,26)11-28-13(3)8-23-10-22-14-16(19)20-9-21-17(14)23/h9-10,12-13,15H,5-8,11H2,1-4H3,(H2,19,20,21)/t13-,15+,30?/m1/s1. The number of hydrogen-bond donors (Lipinski definition) is 1. The van der Waals surface area contributed by atoms with E-state index < -0.39 is 19.5 Å². The van der Waals surface area contributed by atoms with Gasteiger partial charge in [-0.15, -0.1) is 0 Å². The van der Waals surface area contributed by atoms with Crippen molar-refractivity contribution in [2.75, 3.05) is 32.3 Å². The predicted octanol–water partition coefficient (Wildman–Crippen LogP) is 1.88. The van der Waals surface area contributed by atoms with E-state index in [0.717, 1.165) is 0 Å². The van der Waals surface area contributed by atoms with Crippen LogP contribution in [0.25, 0.3) is 11.2 Å². The average Bonchev–Trinajstić information content (AvgIpc) is 3.12. The first-order chi connectivity index (χ1) is 14.3. The number of nitrogens with two attached hydrogens (primary N) is 1. The van der Waals surface area contributed by atoms with E-state index in [-0.39, 0.29) is 18.4 Å². The number of anilines is 1. The topological polar surface area (TPSA) is 135 Å². The van der Waals surface area contributed by atoms with E-state index in [4.69, 9.17) is 19.7 Å². The van der Waals surface area contributed by atoms with Gasteiger partial charge in [0, 0.05) is 6.54 Å². The molecule has 1 aliphatic rings. The van der Waals surface area contributed by atoms with E-state index in [1.165, 1.54) is 13.4 Å². The van der Waals surface area contributed by atoms with Gasteiger partial charge in [-0.3, -0.25) is 9.36 Å².